The Morgan fingerprint density at radius 2 is 1.85 bits per heavy atom. The SMILES string of the molecule is CC(C)[C@@H](CN(Cc1ccc(Cl)c(Cl)c1)S(=O)(=O)c1cnn(C)c1)N(C)C. The van der Waals surface area contributed by atoms with E-state index in [0.29, 0.717) is 16.6 Å². The van der Waals surface area contributed by atoms with Crippen LogP contribution in [0.25, 0.3) is 0 Å². The molecule has 0 bridgehead atoms. The van der Waals surface area contributed by atoms with Gasteiger partial charge in [-0.05, 0) is 37.7 Å². The monoisotopic (exact) mass is 432 g/mol. The Hall–Kier alpha value is -1.12. The molecule has 0 aliphatic rings. The van der Waals surface area contributed by atoms with E-state index in [-0.39, 0.29) is 23.4 Å². The third-order valence-electron chi connectivity index (χ3n) is 4.49. The van der Waals surface area contributed by atoms with Gasteiger partial charge in [0.05, 0.1) is 16.2 Å². The summed E-state index contributed by atoms with van der Waals surface area (Å²) in [6, 6.07) is 5.23. The van der Waals surface area contributed by atoms with Crippen LogP contribution >= 0.6 is 23.2 Å². The minimum atomic E-state index is -3.72. The number of aryl methyl sites for hydroxylation is 1. The molecule has 1 aromatic carbocycles. The molecule has 0 fully saturated rings. The lowest BCUT2D eigenvalue weighted by Gasteiger charge is -2.33. The summed E-state index contributed by atoms with van der Waals surface area (Å²) in [5, 5.41) is 4.85. The van der Waals surface area contributed by atoms with Crippen LogP contribution in [0.4, 0.5) is 0 Å². The molecule has 2 aromatic rings. The van der Waals surface area contributed by atoms with Crippen molar-refractivity contribution in [3.8, 4) is 0 Å². The summed E-state index contributed by atoms with van der Waals surface area (Å²) in [4.78, 5) is 2.22. The van der Waals surface area contributed by atoms with Crippen molar-refractivity contribution in [3.05, 3.63) is 46.2 Å². The fraction of sp³-hybridized carbons (Fsp3) is 0.500. The quantitative estimate of drug-likeness (QED) is 0.640. The average Bonchev–Trinajstić information content (AvgIpc) is 3.01. The summed E-state index contributed by atoms with van der Waals surface area (Å²) in [5.74, 6) is 0.278. The van der Waals surface area contributed by atoms with Crippen LogP contribution in [0.5, 0.6) is 0 Å². The molecule has 0 amide bonds. The highest BCUT2D eigenvalue weighted by Gasteiger charge is 2.30. The molecule has 0 spiro atoms. The van der Waals surface area contributed by atoms with Gasteiger partial charge in [-0.15, -0.1) is 0 Å². The third kappa shape index (κ3) is 5.45. The zero-order valence-corrected chi connectivity index (χ0v) is 18.6. The maximum Gasteiger partial charge on any atom is 0.246 e. The van der Waals surface area contributed by atoms with Gasteiger partial charge in [0.2, 0.25) is 10.0 Å². The molecule has 150 valence electrons. The Bertz CT molecular complexity index is 873. The molecule has 0 aliphatic heterocycles. The number of halogens is 2. The largest absolute Gasteiger partial charge is 0.305 e. The van der Waals surface area contributed by atoms with Gasteiger partial charge in [0, 0.05) is 32.4 Å². The Morgan fingerprint density at radius 3 is 2.33 bits per heavy atom. The minimum Gasteiger partial charge on any atom is -0.305 e. The van der Waals surface area contributed by atoms with E-state index in [4.69, 9.17) is 23.2 Å². The van der Waals surface area contributed by atoms with Crippen LogP contribution in [0.2, 0.25) is 10.0 Å². The highest BCUT2D eigenvalue weighted by atomic mass is 35.5. The van der Waals surface area contributed by atoms with E-state index in [1.165, 1.54) is 21.4 Å². The second kappa shape index (κ2) is 8.92. The molecule has 1 atom stereocenters. The van der Waals surface area contributed by atoms with Crippen LogP contribution in [0.3, 0.4) is 0 Å². The van der Waals surface area contributed by atoms with Gasteiger partial charge in [-0.1, -0.05) is 43.1 Å². The average molecular weight is 433 g/mol. The zero-order valence-electron chi connectivity index (χ0n) is 16.2. The lowest BCUT2D eigenvalue weighted by atomic mass is 10.0. The van der Waals surface area contributed by atoms with Gasteiger partial charge in [-0.3, -0.25) is 4.68 Å². The van der Waals surface area contributed by atoms with E-state index >= 15 is 0 Å². The van der Waals surface area contributed by atoms with Gasteiger partial charge >= 0.3 is 0 Å². The zero-order chi connectivity index (χ0) is 20.4. The summed E-state index contributed by atoms with van der Waals surface area (Å²) in [5.41, 5.74) is 0.776. The number of rotatable bonds is 8. The summed E-state index contributed by atoms with van der Waals surface area (Å²) in [6.07, 6.45) is 2.88. The van der Waals surface area contributed by atoms with Crippen molar-refractivity contribution in [1.29, 1.82) is 0 Å². The fourth-order valence-corrected chi connectivity index (χ4v) is 4.70. The Kier molecular flexibility index (Phi) is 7.33. The van der Waals surface area contributed by atoms with Crippen molar-refractivity contribution in [3.63, 3.8) is 0 Å². The van der Waals surface area contributed by atoms with Gasteiger partial charge in [0.15, 0.2) is 0 Å². The van der Waals surface area contributed by atoms with Crippen LogP contribution in [-0.4, -0.2) is 54.1 Å². The van der Waals surface area contributed by atoms with Crippen molar-refractivity contribution in [2.45, 2.75) is 31.3 Å². The molecule has 6 nitrogen and oxygen atoms in total. The molecule has 0 saturated heterocycles. The summed E-state index contributed by atoms with van der Waals surface area (Å²) in [6.45, 7) is 4.71. The van der Waals surface area contributed by atoms with E-state index in [9.17, 15) is 8.42 Å². The van der Waals surface area contributed by atoms with Crippen molar-refractivity contribution < 1.29 is 8.42 Å². The van der Waals surface area contributed by atoms with Crippen LogP contribution < -0.4 is 0 Å². The van der Waals surface area contributed by atoms with Crippen molar-refractivity contribution in [1.82, 2.24) is 19.0 Å². The second-order valence-corrected chi connectivity index (χ2v) is 9.92. The molecule has 0 saturated carbocycles. The molecule has 0 radical (unpaired) electrons. The highest BCUT2D eigenvalue weighted by Crippen LogP contribution is 2.26. The number of benzene rings is 1. The van der Waals surface area contributed by atoms with Gasteiger partial charge in [0.1, 0.15) is 4.90 Å². The Morgan fingerprint density at radius 1 is 1.19 bits per heavy atom. The molecule has 0 aliphatic carbocycles. The van der Waals surface area contributed by atoms with Gasteiger partial charge in [-0.25, -0.2) is 8.42 Å². The molecule has 0 unspecified atom stereocenters. The van der Waals surface area contributed by atoms with Gasteiger partial charge in [0.25, 0.3) is 0 Å². The van der Waals surface area contributed by atoms with Crippen molar-refractivity contribution >= 4 is 33.2 Å². The first kappa shape index (κ1) is 22.2. The van der Waals surface area contributed by atoms with Crippen LogP contribution in [0.15, 0.2) is 35.5 Å². The first-order chi connectivity index (χ1) is 12.5. The predicted molar refractivity (Wildman–Crippen MR) is 110 cm³/mol. The lowest BCUT2D eigenvalue weighted by Crippen LogP contribution is -2.45. The van der Waals surface area contributed by atoms with Crippen LogP contribution in [-0.2, 0) is 23.6 Å². The molecular formula is C18H26Cl2N4O2S. The van der Waals surface area contributed by atoms with Crippen molar-refractivity contribution in [2.24, 2.45) is 13.0 Å². The fourth-order valence-electron chi connectivity index (χ4n) is 2.95. The molecular weight excluding hydrogens is 407 g/mol. The predicted octanol–water partition coefficient (Wildman–Crippen LogP) is 3.50. The van der Waals surface area contributed by atoms with E-state index in [0.717, 1.165) is 5.56 Å². The van der Waals surface area contributed by atoms with E-state index in [2.05, 4.69) is 18.9 Å². The molecule has 0 N–H and O–H groups in total. The molecule has 2 rings (SSSR count). The highest BCUT2D eigenvalue weighted by molar-refractivity contribution is 7.89. The second-order valence-electron chi connectivity index (χ2n) is 7.17. The van der Waals surface area contributed by atoms with Gasteiger partial charge in [-0.2, -0.15) is 9.40 Å². The number of sulfonamides is 1. The standard InChI is InChI=1S/C18H26Cl2N4O2S/c1-13(2)18(22(3)4)12-24(10-14-6-7-16(19)17(20)8-14)27(25,26)15-9-21-23(5)11-15/h6-9,11,13,18H,10,12H2,1-5H3/t18-/m1/s1. The summed E-state index contributed by atoms with van der Waals surface area (Å²) >= 11 is 12.1. The number of hydrogen-bond acceptors (Lipinski definition) is 4. The van der Waals surface area contributed by atoms with Crippen LogP contribution in [0.1, 0.15) is 19.4 Å². The van der Waals surface area contributed by atoms with E-state index in [1.807, 2.05) is 19.0 Å². The smallest absolute Gasteiger partial charge is 0.246 e. The first-order valence-electron chi connectivity index (χ1n) is 8.61. The molecule has 1 aromatic heterocycles. The lowest BCUT2D eigenvalue weighted by molar-refractivity contribution is 0.190. The van der Waals surface area contributed by atoms with E-state index in [1.54, 1.807) is 25.2 Å². The van der Waals surface area contributed by atoms with E-state index < -0.39 is 10.0 Å². The third-order valence-corrected chi connectivity index (χ3v) is 6.99. The normalized spacial score (nSPS) is 13.7. The Balaban J connectivity index is 2.42. The number of likely N-dealkylation sites (N-methyl/N-ethyl adjacent to an activating group) is 1. The van der Waals surface area contributed by atoms with Gasteiger partial charge < -0.3 is 4.90 Å². The Labute approximate surface area is 171 Å². The number of hydrogen-bond donors (Lipinski definition) is 0. The first-order valence-corrected chi connectivity index (χ1v) is 10.8. The molecule has 27 heavy (non-hydrogen) atoms. The minimum absolute atomic E-state index is 0.0548. The summed E-state index contributed by atoms with van der Waals surface area (Å²) < 4.78 is 29.5. The van der Waals surface area contributed by atoms with Crippen LogP contribution in [0, 0.1) is 5.92 Å². The maximum atomic E-state index is 13.3. The molecule has 9 heteroatoms. The number of aromatic nitrogens is 2. The topological polar surface area (TPSA) is 58.4 Å². The van der Waals surface area contributed by atoms with Crippen molar-refractivity contribution in [2.75, 3.05) is 20.6 Å². The summed E-state index contributed by atoms with van der Waals surface area (Å²) in [7, 11) is 1.89. The number of nitrogens with zero attached hydrogens (tertiary/aromatic N) is 4. The maximum absolute atomic E-state index is 13.3. The molecule has 1 heterocycles.